The van der Waals surface area contributed by atoms with Gasteiger partial charge in [0.25, 0.3) is 0 Å². The van der Waals surface area contributed by atoms with Gasteiger partial charge < -0.3 is 9.84 Å². The molecule has 0 saturated heterocycles. The highest BCUT2D eigenvalue weighted by Gasteiger charge is 2.30. The first-order chi connectivity index (χ1) is 8.69. The third-order valence-electron chi connectivity index (χ3n) is 3.84. The highest BCUT2D eigenvalue weighted by atomic mass is 16.5. The molecule has 2 rings (SSSR count). The monoisotopic (exact) mass is 248 g/mol. The van der Waals surface area contributed by atoms with Gasteiger partial charge in [-0.2, -0.15) is 0 Å². The van der Waals surface area contributed by atoms with Crippen molar-refractivity contribution < 1.29 is 9.84 Å². The van der Waals surface area contributed by atoms with Crippen LogP contribution in [0.15, 0.2) is 24.3 Å². The number of hydrogen-bond acceptors (Lipinski definition) is 2. The summed E-state index contributed by atoms with van der Waals surface area (Å²) in [5, 5.41) is 10.1. The summed E-state index contributed by atoms with van der Waals surface area (Å²) in [6, 6.07) is 8.08. The molecule has 1 aromatic carbocycles. The van der Waals surface area contributed by atoms with Crippen LogP contribution in [-0.2, 0) is 0 Å². The van der Waals surface area contributed by atoms with Crippen molar-refractivity contribution in [2.75, 3.05) is 0 Å². The average Bonchev–Trinajstić information content (AvgIpc) is 2.34. The van der Waals surface area contributed by atoms with Gasteiger partial charge in [-0.3, -0.25) is 0 Å². The molecule has 1 fully saturated rings. The molecule has 1 aliphatic rings. The Bertz CT molecular complexity index is 375. The Morgan fingerprint density at radius 3 is 2.89 bits per heavy atom. The first-order valence-electron chi connectivity index (χ1n) is 7.10. The van der Waals surface area contributed by atoms with Crippen molar-refractivity contribution in [3.05, 3.63) is 29.8 Å². The first-order valence-corrected chi connectivity index (χ1v) is 7.10. The molecule has 0 bridgehead atoms. The maximum atomic E-state index is 10.1. The van der Waals surface area contributed by atoms with E-state index < -0.39 is 0 Å². The third-order valence-corrected chi connectivity index (χ3v) is 3.84. The van der Waals surface area contributed by atoms with E-state index in [9.17, 15) is 5.11 Å². The standard InChI is InChI=1S/C16H24O2/c1-3-5-13-8-9-15(17)16(11-13)18-14-7-4-6-12(2)10-14/h4,6-7,10,13,15-17H,3,5,8-9,11H2,1-2H3. The number of aryl methyl sites for hydroxylation is 1. The number of hydrogen-bond donors (Lipinski definition) is 1. The Balaban J connectivity index is 1.98. The summed E-state index contributed by atoms with van der Waals surface area (Å²) in [5.74, 6) is 1.60. The van der Waals surface area contributed by atoms with Gasteiger partial charge in [0.2, 0.25) is 0 Å². The van der Waals surface area contributed by atoms with E-state index in [2.05, 4.69) is 19.9 Å². The minimum Gasteiger partial charge on any atom is -0.488 e. The molecule has 1 aliphatic carbocycles. The predicted molar refractivity (Wildman–Crippen MR) is 73.9 cm³/mol. The molecule has 0 aromatic heterocycles. The van der Waals surface area contributed by atoms with Crippen LogP contribution >= 0.6 is 0 Å². The smallest absolute Gasteiger partial charge is 0.125 e. The van der Waals surface area contributed by atoms with Gasteiger partial charge in [-0.05, 0) is 49.8 Å². The van der Waals surface area contributed by atoms with Crippen LogP contribution in [0.5, 0.6) is 5.75 Å². The molecule has 0 aliphatic heterocycles. The van der Waals surface area contributed by atoms with Crippen molar-refractivity contribution in [1.29, 1.82) is 0 Å². The lowest BCUT2D eigenvalue weighted by Crippen LogP contribution is -2.38. The van der Waals surface area contributed by atoms with E-state index in [1.807, 2.05) is 18.2 Å². The van der Waals surface area contributed by atoms with Gasteiger partial charge in [-0.1, -0.05) is 31.9 Å². The molecule has 0 radical (unpaired) electrons. The summed E-state index contributed by atoms with van der Waals surface area (Å²) >= 11 is 0. The molecule has 100 valence electrons. The van der Waals surface area contributed by atoms with Crippen LogP contribution in [0.4, 0.5) is 0 Å². The van der Waals surface area contributed by atoms with E-state index >= 15 is 0 Å². The fraction of sp³-hybridized carbons (Fsp3) is 0.625. The van der Waals surface area contributed by atoms with E-state index in [1.54, 1.807) is 0 Å². The normalized spacial score (nSPS) is 28.1. The topological polar surface area (TPSA) is 29.5 Å². The van der Waals surface area contributed by atoms with E-state index in [4.69, 9.17) is 4.74 Å². The van der Waals surface area contributed by atoms with Crippen molar-refractivity contribution in [2.24, 2.45) is 5.92 Å². The maximum Gasteiger partial charge on any atom is 0.125 e. The van der Waals surface area contributed by atoms with Crippen molar-refractivity contribution in [3.63, 3.8) is 0 Å². The summed E-state index contributed by atoms with van der Waals surface area (Å²) in [6.07, 6.45) is 5.14. The second-order valence-electron chi connectivity index (χ2n) is 5.51. The molecule has 3 unspecified atom stereocenters. The minimum absolute atomic E-state index is 0.0305. The van der Waals surface area contributed by atoms with Crippen molar-refractivity contribution in [3.8, 4) is 5.75 Å². The molecule has 3 atom stereocenters. The van der Waals surface area contributed by atoms with Gasteiger partial charge in [-0.25, -0.2) is 0 Å². The Kier molecular flexibility index (Phi) is 4.65. The van der Waals surface area contributed by atoms with Crippen molar-refractivity contribution in [1.82, 2.24) is 0 Å². The highest BCUT2D eigenvalue weighted by molar-refractivity contribution is 5.27. The van der Waals surface area contributed by atoms with Gasteiger partial charge in [0.1, 0.15) is 11.9 Å². The zero-order valence-electron chi connectivity index (χ0n) is 11.4. The van der Waals surface area contributed by atoms with Crippen LogP contribution in [0.2, 0.25) is 0 Å². The fourth-order valence-corrected chi connectivity index (χ4v) is 2.86. The SMILES string of the molecule is CCCC1CCC(O)C(Oc2cccc(C)c2)C1. The van der Waals surface area contributed by atoms with Gasteiger partial charge in [-0.15, -0.1) is 0 Å². The fourth-order valence-electron chi connectivity index (χ4n) is 2.86. The molecule has 2 nitrogen and oxygen atoms in total. The second kappa shape index (κ2) is 6.24. The molecular formula is C16H24O2. The van der Waals surface area contributed by atoms with Gasteiger partial charge in [0.05, 0.1) is 6.10 Å². The van der Waals surface area contributed by atoms with E-state index in [0.717, 1.165) is 25.0 Å². The van der Waals surface area contributed by atoms with Gasteiger partial charge in [0, 0.05) is 0 Å². The Morgan fingerprint density at radius 2 is 2.17 bits per heavy atom. The molecule has 0 amide bonds. The molecule has 1 N–H and O–H groups in total. The predicted octanol–water partition coefficient (Wildman–Crippen LogP) is 3.70. The zero-order chi connectivity index (χ0) is 13.0. The average molecular weight is 248 g/mol. The molecule has 1 aromatic rings. The lowest BCUT2D eigenvalue weighted by molar-refractivity contribution is -0.0117. The van der Waals surface area contributed by atoms with Crippen molar-refractivity contribution in [2.45, 2.75) is 58.2 Å². The summed E-state index contributed by atoms with van der Waals surface area (Å²) in [5.41, 5.74) is 1.20. The van der Waals surface area contributed by atoms with Crippen LogP contribution in [0, 0.1) is 12.8 Å². The number of aliphatic hydroxyl groups excluding tert-OH is 1. The highest BCUT2D eigenvalue weighted by Crippen LogP contribution is 2.31. The van der Waals surface area contributed by atoms with Gasteiger partial charge >= 0.3 is 0 Å². The summed E-state index contributed by atoms with van der Waals surface area (Å²) in [7, 11) is 0. The summed E-state index contributed by atoms with van der Waals surface area (Å²) < 4.78 is 5.97. The van der Waals surface area contributed by atoms with E-state index in [-0.39, 0.29) is 12.2 Å². The van der Waals surface area contributed by atoms with Gasteiger partial charge in [0.15, 0.2) is 0 Å². The quantitative estimate of drug-likeness (QED) is 0.880. The number of rotatable bonds is 4. The Hall–Kier alpha value is -1.02. The largest absolute Gasteiger partial charge is 0.488 e. The molecule has 0 spiro atoms. The summed E-state index contributed by atoms with van der Waals surface area (Å²) in [4.78, 5) is 0. The first kappa shape index (κ1) is 13.4. The lowest BCUT2D eigenvalue weighted by Gasteiger charge is -2.33. The number of aliphatic hydroxyl groups is 1. The third kappa shape index (κ3) is 3.49. The second-order valence-corrected chi connectivity index (χ2v) is 5.51. The van der Waals surface area contributed by atoms with E-state index in [0.29, 0.717) is 5.92 Å². The molecule has 0 heterocycles. The minimum atomic E-state index is -0.307. The number of benzene rings is 1. The number of ether oxygens (including phenoxy) is 1. The van der Waals surface area contributed by atoms with Crippen LogP contribution in [0.3, 0.4) is 0 Å². The van der Waals surface area contributed by atoms with Crippen LogP contribution < -0.4 is 4.74 Å². The molecule has 2 heteroatoms. The van der Waals surface area contributed by atoms with Crippen LogP contribution in [0.1, 0.15) is 44.6 Å². The maximum absolute atomic E-state index is 10.1. The molecular weight excluding hydrogens is 224 g/mol. The summed E-state index contributed by atoms with van der Waals surface area (Å²) in [6.45, 7) is 4.28. The lowest BCUT2D eigenvalue weighted by atomic mass is 9.83. The molecule has 18 heavy (non-hydrogen) atoms. The van der Waals surface area contributed by atoms with E-state index in [1.165, 1.54) is 18.4 Å². The Labute approximate surface area is 110 Å². The van der Waals surface area contributed by atoms with Crippen LogP contribution in [0.25, 0.3) is 0 Å². The van der Waals surface area contributed by atoms with Crippen LogP contribution in [-0.4, -0.2) is 17.3 Å². The zero-order valence-corrected chi connectivity index (χ0v) is 11.4. The Morgan fingerprint density at radius 1 is 1.33 bits per heavy atom. The van der Waals surface area contributed by atoms with Crippen molar-refractivity contribution >= 4 is 0 Å². The molecule has 1 saturated carbocycles.